The second-order valence-corrected chi connectivity index (χ2v) is 8.70. The Labute approximate surface area is 164 Å². The van der Waals surface area contributed by atoms with Gasteiger partial charge in [0.2, 0.25) is 10.0 Å². The molecule has 0 bridgehead atoms. The number of carboxylic acids is 1. The summed E-state index contributed by atoms with van der Waals surface area (Å²) in [6.45, 7) is 1.90. The zero-order chi connectivity index (χ0) is 21.6. The highest BCUT2D eigenvalue weighted by Gasteiger charge is 2.35. The number of rotatable bonds is 6. The van der Waals surface area contributed by atoms with E-state index in [1.165, 1.54) is 26.1 Å². The van der Waals surface area contributed by atoms with Gasteiger partial charge in [-0.3, -0.25) is 0 Å². The molecular formula is C18H17F3N2O5S. The zero-order valence-electron chi connectivity index (χ0n) is 15.4. The average Bonchev–Trinajstić information content (AvgIpc) is 3.44. The van der Waals surface area contributed by atoms with Gasteiger partial charge in [-0.1, -0.05) is 6.07 Å². The van der Waals surface area contributed by atoms with E-state index in [4.69, 9.17) is 4.74 Å². The van der Waals surface area contributed by atoms with Crippen molar-refractivity contribution in [2.24, 2.45) is 0 Å². The summed E-state index contributed by atoms with van der Waals surface area (Å²) in [6.07, 6.45) is -5.09. The molecule has 2 aromatic rings. The highest BCUT2D eigenvalue weighted by molar-refractivity contribution is 7.89. The standard InChI is InChI=1S/C18H17F3N2O5S/c1-10-3-4-15(22-16(10)17(24)25)11-5-12(18(19,20)21)7-14(6-11)29(26,27)23(2)8-13-9-28-13/h3-7,13H,8-9H2,1-2H3,(H,24,25). The van der Waals surface area contributed by atoms with Crippen LogP contribution in [-0.4, -0.2) is 55.1 Å². The fourth-order valence-corrected chi connectivity index (χ4v) is 3.98. The number of benzene rings is 1. The van der Waals surface area contributed by atoms with Crippen LogP contribution in [0, 0.1) is 6.92 Å². The van der Waals surface area contributed by atoms with Gasteiger partial charge in [-0.05, 0) is 36.8 Å². The minimum atomic E-state index is -4.81. The third-order valence-electron chi connectivity index (χ3n) is 4.40. The predicted molar refractivity (Wildman–Crippen MR) is 95.9 cm³/mol. The number of carboxylic acid groups (broad SMARTS) is 1. The molecule has 1 fully saturated rings. The number of halogens is 3. The van der Waals surface area contributed by atoms with Crippen molar-refractivity contribution in [2.75, 3.05) is 20.2 Å². The first-order chi connectivity index (χ1) is 13.4. The molecule has 0 saturated carbocycles. The Kier molecular flexibility index (Phi) is 5.41. The van der Waals surface area contributed by atoms with E-state index in [1.807, 2.05) is 0 Å². The molecule has 1 aliphatic heterocycles. The number of sulfonamides is 1. The number of carbonyl (C=O) groups is 1. The van der Waals surface area contributed by atoms with Crippen molar-refractivity contribution in [3.8, 4) is 11.3 Å². The van der Waals surface area contributed by atoms with Gasteiger partial charge in [-0.25, -0.2) is 18.2 Å². The van der Waals surface area contributed by atoms with Crippen molar-refractivity contribution in [1.29, 1.82) is 0 Å². The molecule has 2 heterocycles. The normalized spacial score (nSPS) is 16.8. The molecule has 1 aromatic carbocycles. The molecule has 1 atom stereocenters. The highest BCUT2D eigenvalue weighted by Crippen LogP contribution is 2.35. The van der Waals surface area contributed by atoms with Gasteiger partial charge in [-0.15, -0.1) is 0 Å². The van der Waals surface area contributed by atoms with Gasteiger partial charge in [0.05, 0.1) is 28.9 Å². The molecule has 1 N–H and O–H groups in total. The van der Waals surface area contributed by atoms with Crippen molar-refractivity contribution in [3.05, 3.63) is 47.2 Å². The molecule has 29 heavy (non-hydrogen) atoms. The van der Waals surface area contributed by atoms with Crippen LogP contribution in [0.4, 0.5) is 13.2 Å². The lowest BCUT2D eigenvalue weighted by atomic mass is 10.1. The van der Waals surface area contributed by atoms with Crippen LogP contribution in [0.1, 0.15) is 21.6 Å². The van der Waals surface area contributed by atoms with Gasteiger partial charge >= 0.3 is 12.1 Å². The third-order valence-corrected chi connectivity index (χ3v) is 6.20. The molecule has 156 valence electrons. The quantitative estimate of drug-likeness (QED) is 0.708. The van der Waals surface area contributed by atoms with Crippen LogP contribution in [0.3, 0.4) is 0 Å². The number of aromatic nitrogens is 1. The topological polar surface area (TPSA) is 100 Å². The van der Waals surface area contributed by atoms with Gasteiger partial charge in [-0.2, -0.15) is 17.5 Å². The number of hydrogen-bond acceptors (Lipinski definition) is 5. The predicted octanol–water partition coefficient (Wildman–Crippen LogP) is 2.79. The van der Waals surface area contributed by atoms with Crippen LogP contribution in [0.15, 0.2) is 35.2 Å². The fourth-order valence-electron chi connectivity index (χ4n) is 2.70. The molecule has 0 aliphatic carbocycles. The third kappa shape index (κ3) is 4.57. The summed E-state index contributed by atoms with van der Waals surface area (Å²) in [6, 6.07) is 5.09. The number of alkyl halides is 3. The summed E-state index contributed by atoms with van der Waals surface area (Å²) < 4.78 is 71.7. The van der Waals surface area contributed by atoms with Crippen molar-refractivity contribution in [2.45, 2.75) is 24.1 Å². The second kappa shape index (κ2) is 7.39. The zero-order valence-corrected chi connectivity index (χ0v) is 16.2. The summed E-state index contributed by atoms with van der Waals surface area (Å²) in [5, 5.41) is 9.21. The van der Waals surface area contributed by atoms with Crippen molar-refractivity contribution < 1.29 is 36.2 Å². The SMILES string of the molecule is Cc1ccc(-c2cc(C(F)(F)F)cc(S(=O)(=O)N(C)CC3CO3)c2)nc1C(=O)O. The number of nitrogens with zero attached hydrogens (tertiary/aromatic N) is 2. The molecule has 1 unspecified atom stereocenters. The molecule has 11 heteroatoms. The number of likely N-dealkylation sites (N-methyl/N-ethyl adjacent to an activating group) is 1. The average molecular weight is 430 g/mol. The van der Waals surface area contributed by atoms with Crippen molar-refractivity contribution in [3.63, 3.8) is 0 Å². The first kappa shape index (κ1) is 21.2. The van der Waals surface area contributed by atoms with Gasteiger partial charge in [0.1, 0.15) is 0 Å². The lowest BCUT2D eigenvalue weighted by Gasteiger charge is -2.18. The highest BCUT2D eigenvalue weighted by atomic mass is 32.2. The Balaban J connectivity index is 2.14. The van der Waals surface area contributed by atoms with Gasteiger partial charge in [0, 0.05) is 19.2 Å². The summed E-state index contributed by atoms with van der Waals surface area (Å²) in [7, 11) is -2.98. The molecule has 1 aromatic heterocycles. The molecule has 1 saturated heterocycles. The molecule has 0 amide bonds. The van der Waals surface area contributed by atoms with Crippen LogP contribution < -0.4 is 0 Å². The van der Waals surface area contributed by atoms with E-state index in [9.17, 15) is 31.5 Å². The van der Waals surface area contributed by atoms with Crippen molar-refractivity contribution >= 4 is 16.0 Å². The summed E-state index contributed by atoms with van der Waals surface area (Å²) in [4.78, 5) is 14.6. The van der Waals surface area contributed by atoms with Crippen LogP contribution in [0.25, 0.3) is 11.3 Å². The monoisotopic (exact) mass is 430 g/mol. The number of aryl methyl sites for hydroxylation is 1. The lowest BCUT2D eigenvalue weighted by molar-refractivity contribution is -0.137. The Morgan fingerprint density at radius 1 is 1.31 bits per heavy atom. The Bertz CT molecular complexity index is 1070. The minimum Gasteiger partial charge on any atom is -0.477 e. The summed E-state index contributed by atoms with van der Waals surface area (Å²) in [5.41, 5.74) is -1.41. The van der Waals surface area contributed by atoms with Gasteiger partial charge in [0.15, 0.2) is 5.69 Å². The first-order valence-electron chi connectivity index (χ1n) is 8.41. The molecule has 1 aliphatic rings. The van der Waals surface area contributed by atoms with E-state index in [0.717, 1.165) is 16.4 Å². The molecular weight excluding hydrogens is 413 g/mol. The maximum atomic E-state index is 13.4. The molecule has 7 nitrogen and oxygen atoms in total. The molecule has 0 spiro atoms. The van der Waals surface area contributed by atoms with Crippen molar-refractivity contribution in [1.82, 2.24) is 9.29 Å². The maximum Gasteiger partial charge on any atom is 0.416 e. The summed E-state index contributed by atoms with van der Waals surface area (Å²) >= 11 is 0. The Hall–Kier alpha value is -2.50. The largest absolute Gasteiger partial charge is 0.477 e. The van der Waals surface area contributed by atoms with Gasteiger partial charge < -0.3 is 9.84 Å². The number of epoxide rings is 1. The van der Waals surface area contributed by atoms with E-state index in [2.05, 4.69) is 4.98 Å². The van der Waals surface area contributed by atoms with Crippen LogP contribution in [0.2, 0.25) is 0 Å². The summed E-state index contributed by atoms with van der Waals surface area (Å²) in [5.74, 6) is -1.34. The van der Waals surface area contributed by atoms with E-state index in [-0.39, 0.29) is 29.6 Å². The second-order valence-electron chi connectivity index (χ2n) is 6.65. The maximum absolute atomic E-state index is 13.4. The van der Waals surface area contributed by atoms with Crippen LogP contribution in [-0.2, 0) is 20.9 Å². The Morgan fingerprint density at radius 2 is 1.97 bits per heavy atom. The number of aromatic carboxylic acids is 1. The smallest absolute Gasteiger partial charge is 0.416 e. The van der Waals surface area contributed by atoms with E-state index in [1.54, 1.807) is 0 Å². The number of ether oxygens (including phenoxy) is 1. The van der Waals surface area contributed by atoms with Gasteiger partial charge in [0.25, 0.3) is 0 Å². The van der Waals surface area contributed by atoms with E-state index >= 15 is 0 Å². The lowest BCUT2D eigenvalue weighted by Crippen LogP contribution is -2.30. The molecule has 0 radical (unpaired) electrons. The molecule has 3 rings (SSSR count). The number of pyridine rings is 1. The first-order valence-corrected chi connectivity index (χ1v) is 9.85. The van der Waals surface area contributed by atoms with Crippen LogP contribution >= 0.6 is 0 Å². The Morgan fingerprint density at radius 3 is 2.52 bits per heavy atom. The fraction of sp³-hybridized carbons (Fsp3) is 0.333. The minimum absolute atomic E-state index is 0.0137. The number of hydrogen-bond donors (Lipinski definition) is 1. The van der Waals surface area contributed by atoms with E-state index < -0.39 is 32.6 Å². The van der Waals surface area contributed by atoms with E-state index in [0.29, 0.717) is 18.2 Å². The van der Waals surface area contributed by atoms with Crippen LogP contribution in [0.5, 0.6) is 0 Å².